The Hall–Kier alpha value is -7.66. The lowest BCUT2D eigenvalue weighted by Gasteiger charge is -2.36. The molecule has 131 heavy (non-hydrogen) atoms. The number of Topliss-reactive ketones (excluding diaryl/α,β-unsaturated/α-hetero) is 5. The highest BCUT2D eigenvalue weighted by molar-refractivity contribution is 5.97. The monoisotopic (exact) mass is 1860 g/mol. The molecule has 2 aromatic carbocycles. The minimum Gasteiger partial charge on any atom is -0.383 e. The van der Waals surface area contributed by atoms with Crippen molar-refractivity contribution in [1.29, 1.82) is 0 Å². The summed E-state index contributed by atoms with van der Waals surface area (Å²) in [7, 11) is 9.23. The highest BCUT2D eigenvalue weighted by Crippen LogP contribution is 2.45. The van der Waals surface area contributed by atoms with Gasteiger partial charge in [0.2, 0.25) is 41.4 Å². The van der Waals surface area contributed by atoms with E-state index in [0.717, 1.165) is 38.5 Å². The standard InChI is InChI=1S/C98H163F6N11O16/c1-21-25-28-36-43-105-81(119)60-71(64-91(7,8)79(117)58-73(87(125)109-44-37-29-26-22-2)66-93(11,12)85(123)72(61-82(120)107-47-55-130-19)63-90(5,6)78(116)57-70(24-4)86(124)111-48-56-131-20)84(122)94(13,14)67-74(88(126)110-46-50-113(16)52-54-115(18)69-96(129,98(102,103)104)77-40-34-31-35-41-77)59-80(118)92(9,10)65-75(89(127)108-42-27-23-3)62-83(121)106-45-49-112(15)51-53-114(17)68-95(128,97(99,100)101)76-38-32-30-33-39-76/h30-35,38-41,70-75,128-129H,21-29,36-37,42-69H2,1-20H3,(H,105,119)(H,106,121)(H,107,120)(H,108,127)(H,109,125)(H,110,126)(H,111,124). The van der Waals surface area contributed by atoms with Crippen molar-refractivity contribution in [2.75, 3.05) is 154 Å². The molecule has 0 aliphatic heterocycles. The summed E-state index contributed by atoms with van der Waals surface area (Å²) in [4.78, 5) is 183. The summed E-state index contributed by atoms with van der Waals surface area (Å²) in [5.41, 5.74) is -14.3. The lowest BCUT2D eigenvalue weighted by atomic mass is 9.66. The van der Waals surface area contributed by atoms with Crippen molar-refractivity contribution >= 4 is 70.3 Å². The first kappa shape index (κ1) is 119. The number of hydrogen-bond donors (Lipinski definition) is 9. The van der Waals surface area contributed by atoms with Crippen molar-refractivity contribution in [3.8, 4) is 0 Å². The maximum absolute atomic E-state index is 16.0. The predicted molar refractivity (Wildman–Crippen MR) is 497 cm³/mol. The number of carbonyl (C=O) groups is 12. The van der Waals surface area contributed by atoms with E-state index < -0.39 is 177 Å². The van der Waals surface area contributed by atoms with E-state index in [2.05, 4.69) is 37.2 Å². The molecular weight excluding hydrogens is 1700 g/mol. The van der Waals surface area contributed by atoms with Crippen LogP contribution in [0.1, 0.15) is 249 Å². The molecule has 8 unspecified atom stereocenters. The third kappa shape index (κ3) is 42.4. The Morgan fingerprint density at radius 3 is 0.962 bits per heavy atom. The number of unbranched alkanes of at least 4 members (excludes halogenated alkanes) is 7. The first-order valence-electron chi connectivity index (χ1n) is 47.1. The molecule has 0 spiro atoms. The molecule has 0 aromatic heterocycles. The number of benzene rings is 2. The predicted octanol–water partition coefficient (Wildman–Crippen LogP) is 12.1. The van der Waals surface area contributed by atoms with Crippen molar-refractivity contribution < 1.29 is 104 Å². The van der Waals surface area contributed by atoms with Crippen molar-refractivity contribution in [2.45, 2.75) is 262 Å². The van der Waals surface area contributed by atoms with Gasteiger partial charge in [-0.15, -0.1) is 0 Å². The molecule has 0 radical (unpaired) electrons. The molecule has 0 saturated carbocycles. The average molecular weight is 1870 g/mol. The third-order valence-corrected chi connectivity index (χ3v) is 25.2. The van der Waals surface area contributed by atoms with Crippen LogP contribution in [0, 0.1) is 62.6 Å². The second kappa shape index (κ2) is 57.9. The Morgan fingerprint density at radius 1 is 0.328 bits per heavy atom. The van der Waals surface area contributed by atoms with E-state index >= 15 is 24.0 Å². The molecular formula is C98H163F6N11O16. The molecule has 0 bridgehead atoms. The number of halogens is 6. The van der Waals surface area contributed by atoms with E-state index in [4.69, 9.17) is 9.47 Å². The van der Waals surface area contributed by atoms with Gasteiger partial charge in [-0.3, -0.25) is 57.5 Å². The molecule has 0 heterocycles. The van der Waals surface area contributed by atoms with Gasteiger partial charge in [-0.2, -0.15) is 26.3 Å². The molecule has 0 fully saturated rings. The van der Waals surface area contributed by atoms with Gasteiger partial charge in [-0.1, -0.05) is 203 Å². The molecule has 2 rings (SSSR count). The summed E-state index contributed by atoms with van der Waals surface area (Å²) in [6.07, 6.45) is -5.39. The molecule has 8 atom stereocenters. The first-order chi connectivity index (χ1) is 61.1. The topological polar surface area (TPSA) is 361 Å². The van der Waals surface area contributed by atoms with E-state index in [-0.39, 0.29) is 172 Å². The SMILES string of the molecule is CCCCCCNC(=O)CC(CC(C)(C)C(=O)CC(CC(C)(C)C(=O)C(CC(=O)NCCOC)CC(C)(C)C(=O)CC(CC)C(=O)NCCOC)C(=O)NCCCCCC)C(=O)C(C)(C)CC(CC(=O)C(C)(C)CC(CC(=O)NCCN(C)CCN(C)CC(O)(c1ccccc1)C(F)(F)F)C(=O)NCCCC)C(=O)NCCN(C)CCN(C)CC(O)(c1ccccc1)C(F)(F)F. The maximum Gasteiger partial charge on any atom is 0.422 e. The fourth-order valence-electron chi connectivity index (χ4n) is 16.6. The van der Waals surface area contributed by atoms with Crippen LogP contribution in [0.5, 0.6) is 0 Å². The number of ketones is 5. The van der Waals surface area contributed by atoms with E-state index in [1.165, 1.54) is 92.7 Å². The minimum atomic E-state index is -5.04. The van der Waals surface area contributed by atoms with Crippen LogP contribution < -0.4 is 37.2 Å². The minimum absolute atomic E-state index is 0.0372. The molecule has 9 N–H and O–H groups in total. The molecule has 33 heteroatoms. The molecule has 2 aromatic rings. The summed E-state index contributed by atoms with van der Waals surface area (Å²) in [5, 5.41) is 42.3. The molecule has 27 nitrogen and oxygen atoms in total. The number of carbonyl (C=O) groups excluding carboxylic acids is 12. The number of methoxy groups -OCH3 is 2. The molecule has 7 amide bonds. The fourth-order valence-corrected chi connectivity index (χ4v) is 16.6. The summed E-state index contributed by atoms with van der Waals surface area (Å²) in [6.45, 7) is 24.7. The summed E-state index contributed by atoms with van der Waals surface area (Å²) in [5.74, 6) is -12.6. The molecule has 0 saturated heterocycles. The Kier molecular flexibility index (Phi) is 52.8. The second-order valence-corrected chi connectivity index (χ2v) is 39.5. The Bertz CT molecular complexity index is 3830. The van der Waals surface area contributed by atoms with Crippen molar-refractivity contribution in [2.24, 2.45) is 62.6 Å². The van der Waals surface area contributed by atoms with Gasteiger partial charge < -0.3 is 76.5 Å². The number of likely N-dealkylation sites (N-methyl/N-ethyl adjacent to an activating group) is 4. The lowest BCUT2D eigenvalue weighted by molar-refractivity contribution is -0.271. The summed E-state index contributed by atoms with van der Waals surface area (Å²) >= 11 is 0. The molecule has 0 aliphatic rings. The van der Waals surface area contributed by atoms with Crippen molar-refractivity contribution in [3.05, 3.63) is 71.8 Å². The zero-order chi connectivity index (χ0) is 99.4. The maximum atomic E-state index is 16.0. The number of amides is 7. The zero-order valence-corrected chi connectivity index (χ0v) is 82.5. The number of nitrogens with zero attached hydrogens (tertiary/aromatic N) is 4. The first-order valence-corrected chi connectivity index (χ1v) is 47.1. The smallest absolute Gasteiger partial charge is 0.383 e. The highest BCUT2D eigenvalue weighted by atomic mass is 19.4. The van der Waals surface area contributed by atoms with Crippen molar-refractivity contribution in [1.82, 2.24) is 56.8 Å². The van der Waals surface area contributed by atoms with Crippen LogP contribution in [0.15, 0.2) is 60.7 Å². The van der Waals surface area contributed by atoms with Crippen LogP contribution in [0.3, 0.4) is 0 Å². The Morgan fingerprint density at radius 2 is 0.603 bits per heavy atom. The number of hydrogen-bond acceptors (Lipinski definition) is 20. The van der Waals surface area contributed by atoms with Gasteiger partial charge in [0.05, 0.1) is 13.2 Å². The Balaban J connectivity index is 2.81. The third-order valence-electron chi connectivity index (χ3n) is 25.2. The van der Waals surface area contributed by atoms with Crippen LogP contribution >= 0.6 is 0 Å². The fraction of sp³-hybridized carbons (Fsp3) is 0.755. The van der Waals surface area contributed by atoms with E-state index in [1.807, 2.05) is 20.8 Å². The van der Waals surface area contributed by atoms with E-state index in [0.29, 0.717) is 32.1 Å². The van der Waals surface area contributed by atoms with E-state index in [1.54, 1.807) is 106 Å². The molecule has 748 valence electrons. The van der Waals surface area contributed by atoms with Gasteiger partial charge in [0.15, 0.2) is 11.2 Å². The lowest BCUT2D eigenvalue weighted by Crippen LogP contribution is -2.51. The van der Waals surface area contributed by atoms with Gasteiger partial charge in [0.25, 0.3) is 0 Å². The number of ether oxygens (including phenoxy) is 2. The van der Waals surface area contributed by atoms with Crippen LogP contribution in [0.2, 0.25) is 0 Å². The summed E-state index contributed by atoms with van der Waals surface area (Å²) < 4.78 is 97.3. The van der Waals surface area contributed by atoms with Gasteiger partial charge in [0.1, 0.15) is 28.9 Å². The second-order valence-electron chi connectivity index (χ2n) is 39.5. The van der Waals surface area contributed by atoms with Crippen molar-refractivity contribution in [3.63, 3.8) is 0 Å². The molecule has 0 aliphatic carbocycles. The Labute approximate surface area is 777 Å². The van der Waals surface area contributed by atoms with Gasteiger partial charge >= 0.3 is 12.4 Å². The van der Waals surface area contributed by atoms with Crippen LogP contribution in [0.4, 0.5) is 26.3 Å². The highest BCUT2D eigenvalue weighted by Gasteiger charge is 2.57. The number of aliphatic hydroxyl groups is 2. The van der Waals surface area contributed by atoms with Crippen LogP contribution in [0.25, 0.3) is 0 Å². The largest absolute Gasteiger partial charge is 0.422 e. The van der Waals surface area contributed by atoms with Gasteiger partial charge in [-0.05, 0) is 97.1 Å². The van der Waals surface area contributed by atoms with E-state index in [9.17, 15) is 70.1 Å². The van der Waals surface area contributed by atoms with Crippen LogP contribution in [-0.2, 0) is 78.2 Å². The number of rotatable bonds is 71. The number of alkyl halides is 6. The van der Waals surface area contributed by atoms with Gasteiger partial charge in [-0.25, -0.2) is 0 Å². The zero-order valence-electron chi connectivity index (χ0n) is 82.5. The summed E-state index contributed by atoms with van der Waals surface area (Å²) in [6, 6.07) is 13.5. The van der Waals surface area contributed by atoms with Gasteiger partial charge in [0, 0.05) is 213 Å². The normalized spacial score (nSPS) is 14.9. The van der Waals surface area contributed by atoms with Crippen LogP contribution in [-0.4, -0.2) is 266 Å². The average Bonchev–Trinajstić information content (AvgIpc) is 0.784. The number of nitrogens with one attached hydrogen (secondary N) is 7. The quantitative estimate of drug-likeness (QED) is 0.0219.